The van der Waals surface area contributed by atoms with Gasteiger partial charge in [-0.15, -0.1) is 0 Å². The van der Waals surface area contributed by atoms with Crippen LogP contribution < -0.4 is 5.32 Å². The van der Waals surface area contributed by atoms with Gasteiger partial charge in [0.1, 0.15) is 0 Å². The number of ether oxygens (including phenoxy) is 1. The molecule has 0 radical (unpaired) electrons. The van der Waals surface area contributed by atoms with Gasteiger partial charge in [0, 0.05) is 43.1 Å². The van der Waals surface area contributed by atoms with Gasteiger partial charge in [-0.25, -0.2) is 9.97 Å². The number of hydrogen-bond acceptors (Lipinski definition) is 6. The zero-order chi connectivity index (χ0) is 24.5. The quantitative estimate of drug-likeness (QED) is 0.426. The number of benzene rings is 1. The van der Waals surface area contributed by atoms with E-state index in [4.69, 9.17) is 14.8 Å². The van der Waals surface area contributed by atoms with E-state index in [0.717, 1.165) is 74.6 Å². The van der Waals surface area contributed by atoms with Crippen LogP contribution in [0.5, 0.6) is 0 Å². The highest BCUT2D eigenvalue weighted by Crippen LogP contribution is 2.40. The molecule has 0 unspecified atom stereocenters. The Labute approximate surface area is 210 Å². The summed E-state index contributed by atoms with van der Waals surface area (Å²) in [4.78, 5) is 25.3. The topological polar surface area (TPSA) is 85.2 Å². The Morgan fingerprint density at radius 2 is 1.92 bits per heavy atom. The number of morpholine rings is 1. The van der Waals surface area contributed by atoms with Crippen LogP contribution >= 0.6 is 0 Å². The van der Waals surface area contributed by atoms with E-state index >= 15 is 0 Å². The van der Waals surface area contributed by atoms with E-state index in [1.807, 2.05) is 43.3 Å². The van der Waals surface area contributed by atoms with E-state index in [-0.39, 0.29) is 5.91 Å². The molecule has 1 saturated heterocycles. The van der Waals surface area contributed by atoms with Crippen molar-refractivity contribution in [1.82, 2.24) is 24.6 Å². The van der Waals surface area contributed by atoms with E-state index in [2.05, 4.69) is 27.3 Å². The molecule has 2 aliphatic rings. The lowest BCUT2D eigenvalue weighted by molar-refractivity contribution is 0.0384. The number of carbonyl (C=O) groups excluding carboxylic acids is 1. The van der Waals surface area contributed by atoms with Crippen molar-refractivity contribution in [1.29, 1.82) is 0 Å². The minimum absolute atomic E-state index is 0.144. The first-order valence-corrected chi connectivity index (χ1v) is 12.7. The minimum atomic E-state index is -0.144. The number of pyridine rings is 2. The standard InChI is InChI=1S/C28H30N6O2/c1-19-26-23(18-24(21-7-8-21)31-27(26)34(32-19)25-4-2-3-12-29-25)28(35)30-22-9-5-20(6-10-22)11-13-33-14-16-36-17-15-33/h2-6,9-10,12,18,21H,7-8,11,13-17H2,1H3,(H,30,35). The summed E-state index contributed by atoms with van der Waals surface area (Å²) in [6, 6.07) is 15.8. The van der Waals surface area contributed by atoms with Crippen LogP contribution in [0.2, 0.25) is 0 Å². The van der Waals surface area contributed by atoms with Gasteiger partial charge in [-0.2, -0.15) is 9.78 Å². The van der Waals surface area contributed by atoms with Gasteiger partial charge in [0.05, 0.1) is 29.9 Å². The van der Waals surface area contributed by atoms with Gasteiger partial charge in [0.2, 0.25) is 0 Å². The molecule has 8 nitrogen and oxygen atoms in total. The lowest BCUT2D eigenvalue weighted by atomic mass is 10.1. The van der Waals surface area contributed by atoms with E-state index < -0.39 is 0 Å². The van der Waals surface area contributed by atoms with Crippen molar-refractivity contribution in [2.45, 2.75) is 32.1 Å². The Balaban J connectivity index is 1.25. The highest BCUT2D eigenvalue weighted by Gasteiger charge is 2.29. The molecule has 3 aromatic heterocycles. The third-order valence-electron chi connectivity index (χ3n) is 6.97. The Morgan fingerprint density at radius 3 is 2.64 bits per heavy atom. The number of nitrogens with one attached hydrogen (secondary N) is 1. The minimum Gasteiger partial charge on any atom is -0.379 e. The molecule has 0 atom stereocenters. The van der Waals surface area contributed by atoms with Crippen LogP contribution in [-0.4, -0.2) is 63.4 Å². The number of aromatic nitrogens is 4. The second kappa shape index (κ2) is 9.79. The third-order valence-corrected chi connectivity index (χ3v) is 6.97. The molecule has 1 aromatic carbocycles. The summed E-state index contributed by atoms with van der Waals surface area (Å²) in [6.45, 7) is 6.56. The fraction of sp³-hybridized carbons (Fsp3) is 0.357. The summed E-state index contributed by atoms with van der Waals surface area (Å²) >= 11 is 0. The molecule has 184 valence electrons. The fourth-order valence-corrected chi connectivity index (χ4v) is 4.78. The molecule has 1 aliphatic heterocycles. The average Bonchev–Trinajstić information content (AvgIpc) is 3.72. The summed E-state index contributed by atoms with van der Waals surface area (Å²) in [7, 11) is 0. The maximum atomic E-state index is 13.5. The van der Waals surface area contributed by atoms with Crippen LogP contribution in [-0.2, 0) is 11.2 Å². The molecular formula is C28H30N6O2. The number of anilines is 1. The number of aryl methyl sites for hydroxylation is 1. The average molecular weight is 483 g/mol. The maximum absolute atomic E-state index is 13.5. The monoisotopic (exact) mass is 482 g/mol. The highest BCUT2D eigenvalue weighted by atomic mass is 16.5. The van der Waals surface area contributed by atoms with Crippen molar-refractivity contribution in [3.63, 3.8) is 0 Å². The summed E-state index contributed by atoms with van der Waals surface area (Å²) in [5.74, 6) is 0.947. The zero-order valence-corrected chi connectivity index (χ0v) is 20.5. The molecule has 2 fully saturated rings. The normalized spacial score (nSPS) is 16.4. The first kappa shape index (κ1) is 22.8. The Kier molecular flexibility index (Phi) is 6.21. The zero-order valence-electron chi connectivity index (χ0n) is 20.5. The predicted octanol–water partition coefficient (Wildman–Crippen LogP) is 4.13. The van der Waals surface area contributed by atoms with E-state index in [0.29, 0.717) is 22.9 Å². The molecular weight excluding hydrogens is 452 g/mol. The summed E-state index contributed by atoms with van der Waals surface area (Å²) in [5, 5.41) is 8.57. The first-order chi connectivity index (χ1) is 17.7. The highest BCUT2D eigenvalue weighted by molar-refractivity contribution is 6.12. The largest absolute Gasteiger partial charge is 0.379 e. The predicted molar refractivity (Wildman–Crippen MR) is 139 cm³/mol. The summed E-state index contributed by atoms with van der Waals surface area (Å²) in [6.07, 6.45) is 4.92. The Hall–Kier alpha value is -3.62. The molecule has 1 N–H and O–H groups in total. The van der Waals surface area contributed by atoms with E-state index in [9.17, 15) is 4.79 Å². The number of amides is 1. The molecule has 1 aliphatic carbocycles. The third kappa shape index (κ3) is 4.74. The van der Waals surface area contributed by atoms with Crippen molar-refractivity contribution < 1.29 is 9.53 Å². The molecule has 4 heterocycles. The molecule has 4 aromatic rings. The van der Waals surface area contributed by atoms with Gasteiger partial charge in [0.15, 0.2) is 11.5 Å². The van der Waals surface area contributed by atoms with Crippen LogP contribution in [0.3, 0.4) is 0 Å². The van der Waals surface area contributed by atoms with Gasteiger partial charge in [-0.05, 0) is 62.1 Å². The Bertz CT molecular complexity index is 1370. The molecule has 0 spiro atoms. The fourth-order valence-electron chi connectivity index (χ4n) is 4.78. The Morgan fingerprint density at radius 1 is 1.11 bits per heavy atom. The first-order valence-electron chi connectivity index (χ1n) is 12.7. The number of fused-ring (bicyclic) bond motifs is 1. The number of hydrogen-bond donors (Lipinski definition) is 1. The van der Waals surface area contributed by atoms with Crippen molar-refractivity contribution in [3.05, 3.63) is 77.2 Å². The van der Waals surface area contributed by atoms with E-state index in [1.54, 1.807) is 10.9 Å². The smallest absolute Gasteiger partial charge is 0.256 e. The lowest BCUT2D eigenvalue weighted by Crippen LogP contribution is -2.37. The van der Waals surface area contributed by atoms with Gasteiger partial charge in [-0.3, -0.25) is 9.69 Å². The maximum Gasteiger partial charge on any atom is 0.256 e. The summed E-state index contributed by atoms with van der Waals surface area (Å²) in [5.41, 5.74) is 5.03. The molecule has 1 saturated carbocycles. The molecule has 1 amide bonds. The van der Waals surface area contributed by atoms with Crippen molar-refractivity contribution in [2.75, 3.05) is 38.2 Å². The number of rotatable bonds is 7. The molecule has 8 heteroatoms. The van der Waals surface area contributed by atoms with Crippen LogP contribution in [0.25, 0.3) is 16.9 Å². The van der Waals surface area contributed by atoms with Crippen molar-refractivity contribution in [3.8, 4) is 5.82 Å². The SMILES string of the molecule is Cc1nn(-c2ccccn2)c2nc(C3CC3)cc(C(=O)Nc3ccc(CCN4CCOCC4)cc3)c12. The van der Waals surface area contributed by atoms with Crippen LogP contribution in [0.15, 0.2) is 54.7 Å². The lowest BCUT2D eigenvalue weighted by Gasteiger charge is -2.26. The van der Waals surface area contributed by atoms with Crippen LogP contribution in [0.1, 0.15) is 46.1 Å². The van der Waals surface area contributed by atoms with Crippen LogP contribution in [0, 0.1) is 6.92 Å². The van der Waals surface area contributed by atoms with Gasteiger partial charge in [0.25, 0.3) is 5.91 Å². The molecule has 36 heavy (non-hydrogen) atoms. The van der Waals surface area contributed by atoms with Gasteiger partial charge < -0.3 is 10.1 Å². The van der Waals surface area contributed by atoms with Crippen molar-refractivity contribution >= 4 is 22.6 Å². The van der Waals surface area contributed by atoms with Gasteiger partial charge in [-0.1, -0.05) is 18.2 Å². The van der Waals surface area contributed by atoms with Gasteiger partial charge >= 0.3 is 0 Å². The number of carbonyl (C=O) groups is 1. The van der Waals surface area contributed by atoms with Crippen molar-refractivity contribution in [2.24, 2.45) is 0 Å². The van der Waals surface area contributed by atoms with E-state index in [1.165, 1.54) is 5.56 Å². The summed E-state index contributed by atoms with van der Waals surface area (Å²) < 4.78 is 7.18. The second-order valence-corrected chi connectivity index (χ2v) is 9.61. The number of nitrogens with zero attached hydrogens (tertiary/aromatic N) is 5. The van der Waals surface area contributed by atoms with Crippen LogP contribution in [0.4, 0.5) is 5.69 Å². The second-order valence-electron chi connectivity index (χ2n) is 9.61. The molecule has 0 bridgehead atoms. The molecule has 6 rings (SSSR count).